The van der Waals surface area contributed by atoms with Crippen molar-refractivity contribution in [2.75, 3.05) is 20.3 Å². The molecule has 2 aliphatic rings. The lowest BCUT2D eigenvalue weighted by molar-refractivity contribution is -0.158. The quantitative estimate of drug-likeness (QED) is 0.640. The zero-order valence-corrected chi connectivity index (χ0v) is 17.6. The van der Waals surface area contributed by atoms with Gasteiger partial charge in [-0.2, -0.15) is 0 Å². The summed E-state index contributed by atoms with van der Waals surface area (Å²) in [7, 11) is 1.56. The van der Waals surface area contributed by atoms with Gasteiger partial charge in [-0.25, -0.2) is 0 Å². The van der Waals surface area contributed by atoms with Gasteiger partial charge in [-0.3, -0.25) is 14.4 Å². The lowest BCUT2D eigenvalue weighted by Gasteiger charge is -2.36. The molecule has 0 radical (unpaired) electrons. The fraction of sp³-hybridized carbons (Fsp3) is 0.842. The molecule has 7 heteroatoms. The number of amides is 3. The topological polar surface area (TPSA) is 96.5 Å². The van der Waals surface area contributed by atoms with Gasteiger partial charge in [0.1, 0.15) is 5.41 Å². The van der Waals surface area contributed by atoms with Crippen LogP contribution in [0.4, 0.5) is 0 Å². The number of nitrogens with one attached hydrogen (secondary N) is 3. The first-order valence-electron chi connectivity index (χ1n) is 9.49. The van der Waals surface area contributed by atoms with E-state index >= 15 is 0 Å². The third-order valence-electron chi connectivity index (χ3n) is 4.08. The molecule has 0 atom stereocenters. The number of ether oxygens (including phenoxy) is 1. The number of carbonyl (C=O) groups excluding carboxylic acids is 3. The first-order valence-corrected chi connectivity index (χ1v) is 9.49. The van der Waals surface area contributed by atoms with Crippen LogP contribution in [0.5, 0.6) is 0 Å². The SMILES string of the molecule is CC.CC(C)NC(=O)C1(C)COC1.CNC(=O)C1(C(=O)NC(C)C)CC1. The summed E-state index contributed by atoms with van der Waals surface area (Å²) >= 11 is 0. The van der Waals surface area contributed by atoms with Crippen molar-refractivity contribution in [3.05, 3.63) is 0 Å². The zero-order valence-electron chi connectivity index (χ0n) is 17.6. The van der Waals surface area contributed by atoms with Crippen LogP contribution in [-0.2, 0) is 19.1 Å². The van der Waals surface area contributed by atoms with Crippen molar-refractivity contribution in [1.82, 2.24) is 16.0 Å². The molecular formula is C19H37N3O4. The van der Waals surface area contributed by atoms with Gasteiger partial charge < -0.3 is 20.7 Å². The minimum absolute atomic E-state index is 0.0923. The lowest BCUT2D eigenvalue weighted by Crippen LogP contribution is -2.53. The Hall–Kier alpha value is -1.63. The van der Waals surface area contributed by atoms with E-state index in [0.717, 1.165) is 0 Å². The average Bonchev–Trinajstić information content (AvgIpc) is 3.35. The molecule has 26 heavy (non-hydrogen) atoms. The Morgan fingerprint density at radius 2 is 1.27 bits per heavy atom. The predicted octanol–water partition coefficient (Wildman–Crippen LogP) is 1.61. The molecule has 0 unspecified atom stereocenters. The summed E-state index contributed by atoms with van der Waals surface area (Å²) in [6.07, 6.45) is 1.34. The Balaban J connectivity index is 0.000000444. The van der Waals surface area contributed by atoms with E-state index in [9.17, 15) is 14.4 Å². The van der Waals surface area contributed by atoms with E-state index in [0.29, 0.717) is 26.1 Å². The molecule has 1 aliphatic heterocycles. The molecule has 7 nitrogen and oxygen atoms in total. The number of rotatable bonds is 5. The molecule has 3 N–H and O–H groups in total. The minimum atomic E-state index is -0.751. The smallest absolute Gasteiger partial charge is 0.235 e. The Labute approximate surface area is 158 Å². The van der Waals surface area contributed by atoms with Crippen LogP contribution in [0.15, 0.2) is 0 Å². The second kappa shape index (κ2) is 10.5. The lowest BCUT2D eigenvalue weighted by atomic mass is 9.87. The summed E-state index contributed by atoms with van der Waals surface area (Å²) in [6.45, 7) is 14.7. The van der Waals surface area contributed by atoms with E-state index in [-0.39, 0.29) is 35.2 Å². The summed E-state index contributed by atoms with van der Waals surface area (Å²) in [4.78, 5) is 34.3. The van der Waals surface area contributed by atoms with Crippen molar-refractivity contribution in [2.45, 2.75) is 73.4 Å². The molecule has 1 aliphatic carbocycles. The molecule has 0 aromatic heterocycles. The van der Waals surface area contributed by atoms with E-state index in [1.807, 2.05) is 48.5 Å². The molecule has 2 fully saturated rings. The van der Waals surface area contributed by atoms with Crippen LogP contribution in [0.25, 0.3) is 0 Å². The Kier molecular flexibility index (Phi) is 9.84. The molecule has 0 bridgehead atoms. The molecule has 152 valence electrons. The molecule has 2 rings (SSSR count). The monoisotopic (exact) mass is 371 g/mol. The van der Waals surface area contributed by atoms with E-state index in [2.05, 4.69) is 16.0 Å². The van der Waals surface area contributed by atoms with Crippen LogP contribution in [0.3, 0.4) is 0 Å². The molecule has 0 aromatic rings. The Morgan fingerprint density at radius 1 is 0.846 bits per heavy atom. The van der Waals surface area contributed by atoms with Crippen molar-refractivity contribution >= 4 is 17.7 Å². The maximum Gasteiger partial charge on any atom is 0.235 e. The normalized spacial score (nSPS) is 18.2. The summed E-state index contributed by atoms with van der Waals surface area (Å²) < 4.78 is 4.98. The van der Waals surface area contributed by atoms with Gasteiger partial charge in [0, 0.05) is 19.1 Å². The first kappa shape index (κ1) is 24.4. The van der Waals surface area contributed by atoms with Gasteiger partial charge in [0.05, 0.1) is 18.6 Å². The number of hydrogen-bond acceptors (Lipinski definition) is 4. The number of carbonyl (C=O) groups is 3. The largest absolute Gasteiger partial charge is 0.379 e. The van der Waals surface area contributed by atoms with Gasteiger partial charge in [0.15, 0.2) is 0 Å². The van der Waals surface area contributed by atoms with Gasteiger partial charge in [-0.05, 0) is 47.5 Å². The molecule has 0 spiro atoms. The van der Waals surface area contributed by atoms with Gasteiger partial charge in [0.2, 0.25) is 17.7 Å². The summed E-state index contributed by atoms with van der Waals surface area (Å²) in [5, 5.41) is 8.15. The second-order valence-corrected chi connectivity index (χ2v) is 7.47. The third-order valence-corrected chi connectivity index (χ3v) is 4.08. The molecule has 1 saturated carbocycles. The Bertz CT molecular complexity index is 481. The van der Waals surface area contributed by atoms with E-state index in [4.69, 9.17) is 4.74 Å². The summed E-state index contributed by atoms with van der Waals surface area (Å²) in [5.41, 5.74) is -1.01. The maximum atomic E-state index is 11.6. The molecule has 0 aromatic carbocycles. The van der Waals surface area contributed by atoms with E-state index in [1.54, 1.807) is 7.05 Å². The fourth-order valence-corrected chi connectivity index (χ4v) is 2.30. The minimum Gasteiger partial charge on any atom is -0.379 e. The van der Waals surface area contributed by atoms with E-state index < -0.39 is 5.41 Å². The van der Waals surface area contributed by atoms with Crippen molar-refractivity contribution in [3.63, 3.8) is 0 Å². The molecular weight excluding hydrogens is 334 g/mol. The van der Waals surface area contributed by atoms with Crippen molar-refractivity contribution in [2.24, 2.45) is 10.8 Å². The third kappa shape index (κ3) is 6.59. The highest BCUT2D eigenvalue weighted by Gasteiger charge is 2.56. The summed E-state index contributed by atoms with van der Waals surface area (Å²) in [6, 6.07) is 0.314. The standard InChI is InChI=1S/C9H16N2O2.C8H15NO2.C2H6/c1-6(2)11-8(13)9(4-5-9)7(12)10-3;1-6(2)9-7(10)8(3)4-11-5-8;1-2/h6H,4-5H2,1-3H3,(H,10,12)(H,11,13);6H,4-5H2,1-3H3,(H,9,10);1-2H3. The van der Waals surface area contributed by atoms with Crippen LogP contribution < -0.4 is 16.0 Å². The highest BCUT2D eigenvalue weighted by molar-refractivity contribution is 6.07. The van der Waals surface area contributed by atoms with Crippen molar-refractivity contribution < 1.29 is 19.1 Å². The van der Waals surface area contributed by atoms with Gasteiger partial charge in [-0.1, -0.05) is 13.8 Å². The van der Waals surface area contributed by atoms with Gasteiger partial charge >= 0.3 is 0 Å². The van der Waals surface area contributed by atoms with Crippen LogP contribution in [0.1, 0.15) is 61.3 Å². The predicted molar refractivity (Wildman–Crippen MR) is 103 cm³/mol. The van der Waals surface area contributed by atoms with E-state index in [1.165, 1.54) is 0 Å². The highest BCUT2D eigenvalue weighted by atomic mass is 16.5. The highest BCUT2D eigenvalue weighted by Crippen LogP contribution is 2.46. The molecule has 3 amide bonds. The summed E-state index contributed by atoms with van der Waals surface area (Å²) in [5.74, 6) is -0.189. The first-order chi connectivity index (χ1) is 12.1. The van der Waals surface area contributed by atoms with Crippen molar-refractivity contribution in [1.29, 1.82) is 0 Å². The van der Waals surface area contributed by atoms with Crippen LogP contribution in [0.2, 0.25) is 0 Å². The van der Waals surface area contributed by atoms with Crippen LogP contribution in [-0.4, -0.2) is 50.1 Å². The number of hydrogen-bond donors (Lipinski definition) is 3. The van der Waals surface area contributed by atoms with Crippen LogP contribution in [0, 0.1) is 10.8 Å². The van der Waals surface area contributed by atoms with Gasteiger partial charge in [0.25, 0.3) is 0 Å². The van der Waals surface area contributed by atoms with Gasteiger partial charge in [-0.15, -0.1) is 0 Å². The van der Waals surface area contributed by atoms with Crippen molar-refractivity contribution in [3.8, 4) is 0 Å². The molecule has 1 saturated heterocycles. The zero-order chi connectivity index (χ0) is 20.5. The second-order valence-electron chi connectivity index (χ2n) is 7.47. The molecule has 1 heterocycles. The van der Waals surface area contributed by atoms with Crippen LogP contribution >= 0.6 is 0 Å². The fourth-order valence-electron chi connectivity index (χ4n) is 2.30. The maximum absolute atomic E-state index is 11.6. The Morgan fingerprint density at radius 3 is 1.54 bits per heavy atom. The average molecular weight is 372 g/mol.